The molecule has 0 radical (unpaired) electrons. The van der Waals surface area contributed by atoms with Gasteiger partial charge in [0.15, 0.2) is 0 Å². The van der Waals surface area contributed by atoms with Crippen molar-refractivity contribution < 1.29 is 4.74 Å². The molecular formula is C15H18N6O. The maximum atomic E-state index is 5.90. The molecule has 0 amide bonds. The number of fused-ring (bicyclic) bond motifs is 1. The molecule has 22 heavy (non-hydrogen) atoms. The molecule has 0 aliphatic carbocycles. The number of anilines is 1. The van der Waals surface area contributed by atoms with Gasteiger partial charge in [-0.25, -0.2) is 15.0 Å². The number of H-pyrrole nitrogens is 1. The van der Waals surface area contributed by atoms with Crippen LogP contribution in [-0.2, 0) is 0 Å². The standard InChI is InChI=1S/C15H18N6O/c1-21(2)7-8-22-12-4-6-17-14-13(12)10(9-19-14)11-3-5-18-15(16)20-11/h3-6,9H,7-8H2,1-2H3,(H,17,19)(H2,16,18,20). The summed E-state index contributed by atoms with van der Waals surface area (Å²) in [4.78, 5) is 17.7. The van der Waals surface area contributed by atoms with Crippen molar-refractivity contribution in [3.63, 3.8) is 0 Å². The average Bonchev–Trinajstić information content (AvgIpc) is 2.92. The Balaban J connectivity index is 2.01. The van der Waals surface area contributed by atoms with Gasteiger partial charge >= 0.3 is 0 Å². The fourth-order valence-corrected chi connectivity index (χ4v) is 2.21. The van der Waals surface area contributed by atoms with E-state index in [0.717, 1.165) is 34.6 Å². The molecule has 0 aliphatic heterocycles. The van der Waals surface area contributed by atoms with E-state index in [2.05, 4.69) is 24.8 Å². The molecule has 3 heterocycles. The van der Waals surface area contributed by atoms with E-state index in [4.69, 9.17) is 10.5 Å². The van der Waals surface area contributed by atoms with E-state index in [-0.39, 0.29) is 5.95 Å². The summed E-state index contributed by atoms with van der Waals surface area (Å²) >= 11 is 0. The van der Waals surface area contributed by atoms with E-state index in [1.807, 2.05) is 32.4 Å². The zero-order valence-corrected chi connectivity index (χ0v) is 12.6. The van der Waals surface area contributed by atoms with Crippen molar-refractivity contribution in [2.75, 3.05) is 33.0 Å². The summed E-state index contributed by atoms with van der Waals surface area (Å²) in [5, 5.41) is 0.902. The molecule has 3 rings (SSSR count). The lowest BCUT2D eigenvalue weighted by molar-refractivity contribution is 0.263. The number of likely N-dealkylation sites (N-methyl/N-ethyl adjacent to an activating group) is 1. The maximum absolute atomic E-state index is 5.90. The number of pyridine rings is 1. The molecule has 0 aliphatic rings. The smallest absolute Gasteiger partial charge is 0.220 e. The van der Waals surface area contributed by atoms with E-state index in [1.54, 1.807) is 12.4 Å². The second-order valence-electron chi connectivity index (χ2n) is 5.19. The van der Waals surface area contributed by atoms with Crippen LogP contribution in [0.3, 0.4) is 0 Å². The SMILES string of the molecule is CN(C)CCOc1ccnc2[nH]cc(-c3ccnc(N)n3)c12. The Morgan fingerprint density at radius 2 is 2.05 bits per heavy atom. The van der Waals surface area contributed by atoms with Crippen LogP contribution in [0, 0.1) is 0 Å². The fourth-order valence-electron chi connectivity index (χ4n) is 2.21. The third kappa shape index (κ3) is 2.84. The Morgan fingerprint density at radius 3 is 2.82 bits per heavy atom. The molecule has 0 fully saturated rings. The van der Waals surface area contributed by atoms with Gasteiger partial charge in [0.05, 0.1) is 11.1 Å². The molecule has 0 unspecified atom stereocenters. The zero-order valence-electron chi connectivity index (χ0n) is 12.6. The first-order valence-corrected chi connectivity index (χ1v) is 6.97. The van der Waals surface area contributed by atoms with Crippen LogP contribution in [0.5, 0.6) is 5.75 Å². The Morgan fingerprint density at radius 1 is 1.23 bits per heavy atom. The number of nitrogens with two attached hydrogens (primary N) is 1. The van der Waals surface area contributed by atoms with Gasteiger partial charge in [-0.1, -0.05) is 0 Å². The monoisotopic (exact) mass is 298 g/mol. The Hall–Kier alpha value is -2.67. The predicted molar refractivity (Wildman–Crippen MR) is 85.6 cm³/mol. The highest BCUT2D eigenvalue weighted by molar-refractivity contribution is 5.97. The minimum atomic E-state index is 0.241. The van der Waals surface area contributed by atoms with E-state index < -0.39 is 0 Å². The van der Waals surface area contributed by atoms with Crippen molar-refractivity contribution in [2.45, 2.75) is 0 Å². The third-order valence-electron chi connectivity index (χ3n) is 3.28. The number of nitrogens with zero attached hydrogens (tertiary/aromatic N) is 4. The van der Waals surface area contributed by atoms with Crippen LogP contribution in [0.15, 0.2) is 30.7 Å². The molecule has 7 nitrogen and oxygen atoms in total. The number of aromatic amines is 1. The van der Waals surface area contributed by atoms with Crippen LogP contribution in [0.2, 0.25) is 0 Å². The van der Waals surface area contributed by atoms with Gasteiger partial charge in [-0.15, -0.1) is 0 Å². The normalized spacial score (nSPS) is 11.2. The number of aromatic nitrogens is 4. The van der Waals surface area contributed by atoms with Crippen molar-refractivity contribution in [1.82, 2.24) is 24.8 Å². The summed E-state index contributed by atoms with van der Waals surface area (Å²) in [5.74, 6) is 1.02. The second kappa shape index (κ2) is 5.98. The minimum Gasteiger partial charge on any atom is -0.491 e. The van der Waals surface area contributed by atoms with E-state index >= 15 is 0 Å². The second-order valence-corrected chi connectivity index (χ2v) is 5.19. The van der Waals surface area contributed by atoms with Gasteiger partial charge in [-0.3, -0.25) is 0 Å². The average molecular weight is 298 g/mol. The molecule has 7 heteroatoms. The van der Waals surface area contributed by atoms with E-state index in [9.17, 15) is 0 Å². The van der Waals surface area contributed by atoms with Crippen molar-refractivity contribution in [1.29, 1.82) is 0 Å². The number of nitrogens with one attached hydrogen (secondary N) is 1. The van der Waals surface area contributed by atoms with Crippen LogP contribution in [0.25, 0.3) is 22.3 Å². The lowest BCUT2D eigenvalue weighted by atomic mass is 10.1. The van der Waals surface area contributed by atoms with Gasteiger partial charge in [0.2, 0.25) is 5.95 Å². The molecular weight excluding hydrogens is 280 g/mol. The van der Waals surface area contributed by atoms with E-state index in [0.29, 0.717) is 6.61 Å². The first-order chi connectivity index (χ1) is 10.6. The fraction of sp³-hybridized carbons (Fsp3) is 0.267. The summed E-state index contributed by atoms with van der Waals surface area (Å²) in [6, 6.07) is 3.68. The molecule has 3 aromatic heterocycles. The number of ether oxygens (including phenoxy) is 1. The quantitative estimate of drug-likeness (QED) is 0.742. The largest absolute Gasteiger partial charge is 0.491 e. The molecule has 0 saturated carbocycles. The van der Waals surface area contributed by atoms with Crippen molar-refractivity contribution in [3.8, 4) is 17.0 Å². The Bertz CT molecular complexity index is 783. The summed E-state index contributed by atoms with van der Waals surface area (Å²) in [5.41, 5.74) is 8.07. The molecule has 0 atom stereocenters. The number of nitrogen functional groups attached to an aromatic ring is 1. The predicted octanol–water partition coefficient (Wildman–Crippen LogP) is 1.54. The first-order valence-electron chi connectivity index (χ1n) is 6.97. The zero-order chi connectivity index (χ0) is 15.5. The van der Waals surface area contributed by atoms with Crippen molar-refractivity contribution in [3.05, 3.63) is 30.7 Å². The minimum absolute atomic E-state index is 0.241. The van der Waals surface area contributed by atoms with Crippen LogP contribution in [0.4, 0.5) is 5.95 Å². The van der Waals surface area contributed by atoms with E-state index in [1.165, 1.54) is 0 Å². The van der Waals surface area contributed by atoms with Gasteiger partial charge in [-0.05, 0) is 26.2 Å². The van der Waals surface area contributed by atoms with Gasteiger partial charge in [0, 0.05) is 30.7 Å². The molecule has 3 N–H and O–H groups in total. The molecule has 0 saturated heterocycles. The summed E-state index contributed by atoms with van der Waals surface area (Å²) in [7, 11) is 4.02. The number of hydrogen-bond donors (Lipinski definition) is 2. The topological polar surface area (TPSA) is 93.0 Å². The summed E-state index contributed by atoms with van der Waals surface area (Å²) in [6.45, 7) is 1.44. The number of rotatable bonds is 5. The highest BCUT2D eigenvalue weighted by atomic mass is 16.5. The number of hydrogen-bond acceptors (Lipinski definition) is 6. The summed E-state index contributed by atoms with van der Waals surface area (Å²) < 4.78 is 5.90. The van der Waals surface area contributed by atoms with Gasteiger partial charge in [0.25, 0.3) is 0 Å². The van der Waals surface area contributed by atoms with Gasteiger partial charge < -0.3 is 20.4 Å². The molecule has 0 aromatic carbocycles. The van der Waals surface area contributed by atoms with Crippen LogP contribution >= 0.6 is 0 Å². The lowest BCUT2D eigenvalue weighted by Gasteiger charge is -2.12. The first kappa shape index (κ1) is 14.3. The van der Waals surface area contributed by atoms with Crippen molar-refractivity contribution >= 4 is 17.0 Å². The van der Waals surface area contributed by atoms with Crippen molar-refractivity contribution in [2.24, 2.45) is 0 Å². The van der Waals surface area contributed by atoms with Crippen LogP contribution < -0.4 is 10.5 Å². The van der Waals surface area contributed by atoms with Gasteiger partial charge in [-0.2, -0.15) is 0 Å². The highest BCUT2D eigenvalue weighted by Gasteiger charge is 2.13. The Labute approximate surface area is 128 Å². The lowest BCUT2D eigenvalue weighted by Crippen LogP contribution is -2.19. The third-order valence-corrected chi connectivity index (χ3v) is 3.28. The molecule has 0 bridgehead atoms. The molecule has 3 aromatic rings. The Kier molecular flexibility index (Phi) is 3.88. The molecule has 114 valence electrons. The summed E-state index contributed by atoms with van der Waals surface area (Å²) in [6.07, 6.45) is 5.22. The van der Waals surface area contributed by atoms with Crippen LogP contribution in [0.1, 0.15) is 0 Å². The maximum Gasteiger partial charge on any atom is 0.220 e. The van der Waals surface area contributed by atoms with Gasteiger partial charge in [0.1, 0.15) is 18.0 Å². The molecule has 0 spiro atoms. The highest BCUT2D eigenvalue weighted by Crippen LogP contribution is 2.33. The van der Waals surface area contributed by atoms with Crippen LogP contribution in [-0.4, -0.2) is 52.1 Å².